The highest BCUT2D eigenvalue weighted by atomic mass is 16.5. The molecule has 3 rings (SSSR count). The van der Waals surface area contributed by atoms with Crippen molar-refractivity contribution in [2.24, 2.45) is 5.92 Å². The van der Waals surface area contributed by atoms with Gasteiger partial charge in [-0.25, -0.2) is 9.59 Å². The van der Waals surface area contributed by atoms with Crippen LogP contribution in [-0.2, 0) is 9.47 Å². The number of hydrogen-bond acceptors (Lipinski definition) is 5. The topological polar surface area (TPSA) is 79.3 Å². The molecule has 7 nitrogen and oxygen atoms in total. The lowest BCUT2D eigenvalue weighted by atomic mass is 9.96. The molecule has 2 heterocycles. The maximum absolute atomic E-state index is 12.5. The molecule has 1 aromatic rings. The number of ether oxygens (including phenoxy) is 2. The number of rotatable bonds is 4. The summed E-state index contributed by atoms with van der Waals surface area (Å²) < 4.78 is 10.6. The number of amides is 1. The van der Waals surface area contributed by atoms with Gasteiger partial charge >= 0.3 is 12.1 Å². The van der Waals surface area contributed by atoms with Crippen LogP contribution in [0.2, 0.25) is 0 Å². The highest BCUT2D eigenvalue weighted by Crippen LogP contribution is 2.30. The molecule has 0 unspecified atom stereocenters. The fourth-order valence-corrected chi connectivity index (χ4v) is 4.41. The van der Waals surface area contributed by atoms with E-state index in [-0.39, 0.29) is 11.9 Å². The summed E-state index contributed by atoms with van der Waals surface area (Å²) in [6.07, 6.45) is 2.50. The summed E-state index contributed by atoms with van der Waals surface area (Å²) in [7, 11) is 1.39. The highest BCUT2D eigenvalue weighted by Gasteiger charge is 2.25. The van der Waals surface area contributed by atoms with Gasteiger partial charge in [0, 0.05) is 56.1 Å². The van der Waals surface area contributed by atoms with Crippen LogP contribution in [0.1, 0.15) is 54.1 Å². The number of esters is 1. The van der Waals surface area contributed by atoms with E-state index in [9.17, 15) is 9.59 Å². The predicted molar refractivity (Wildman–Crippen MR) is 119 cm³/mol. The summed E-state index contributed by atoms with van der Waals surface area (Å²) in [6.45, 7) is 7.43. The van der Waals surface area contributed by atoms with Gasteiger partial charge in [-0.15, -0.1) is 0 Å². The number of hydrogen-bond donors (Lipinski definition) is 1. The third-order valence-electron chi connectivity index (χ3n) is 6.25. The molecule has 2 aliphatic rings. The predicted octanol–water partition coefficient (Wildman–Crippen LogP) is 3.53. The summed E-state index contributed by atoms with van der Waals surface area (Å²) in [4.78, 5) is 27.3. The van der Waals surface area contributed by atoms with Gasteiger partial charge in [-0.3, -0.25) is 0 Å². The number of nitrogens with zero attached hydrogens (tertiary/aromatic N) is 2. The smallest absolute Gasteiger partial charge is 0.407 e. The van der Waals surface area contributed by atoms with Gasteiger partial charge in [0.05, 0.1) is 12.7 Å². The van der Waals surface area contributed by atoms with Crippen molar-refractivity contribution in [2.45, 2.75) is 45.6 Å². The van der Waals surface area contributed by atoms with Crippen LogP contribution in [-0.4, -0.2) is 68.1 Å². The molecule has 0 saturated carbocycles. The molecule has 2 aliphatic heterocycles. The van der Waals surface area contributed by atoms with Crippen molar-refractivity contribution in [3.05, 3.63) is 28.8 Å². The van der Waals surface area contributed by atoms with E-state index in [4.69, 9.17) is 14.6 Å². The Labute approximate surface area is 184 Å². The third-order valence-corrected chi connectivity index (χ3v) is 6.25. The maximum atomic E-state index is 12.5. The summed E-state index contributed by atoms with van der Waals surface area (Å²) in [5.74, 6) is 6.35. The number of piperidine rings is 1. The van der Waals surface area contributed by atoms with Crippen molar-refractivity contribution < 1.29 is 24.2 Å². The molecular formula is C24H32N2O5. The Morgan fingerprint density at radius 1 is 1.23 bits per heavy atom. The maximum Gasteiger partial charge on any atom is 0.407 e. The van der Waals surface area contributed by atoms with Gasteiger partial charge in [0.2, 0.25) is 0 Å². The molecule has 0 atom stereocenters. The van der Waals surface area contributed by atoms with E-state index in [0.717, 1.165) is 62.3 Å². The van der Waals surface area contributed by atoms with Crippen LogP contribution in [0.3, 0.4) is 0 Å². The Hall–Kier alpha value is -2.72. The Kier molecular flexibility index (Phi) is 7.80. The molecule has 2 saturated heterocycles. The molecule has 31 heavy (non-hydrogen) atoms. The number of methoxy groups -OCH3 is 1. The van der Waals surface area contributed by atoms with Crippen molar-refractivity contribution in [3.8, 4) is 11.8 Å². The van der Waals surface area contributed by atoms with Crippen molar-refractivity contribution in [1.82, 2.24) is 4.90 Å². The van der Waals surface area contributed by atoms with Crippen molar-refractivity contribution in [1.29, 1.82) is 0 Å². The zero-order valence-corrected chi connectivity index (χ0v) is 18.6. The summed E-state index contributed by atoms with van der Waals surface area (Å²) in [5.41, 5.74) is 3.24. The molecule has 0 spiro atoms. The van der Waals surface area contributed by atoms with E-state index in [1.165, 1.54) is 12.0 Å². The van der Waals surface area contributed by atoms with Gasteiger partial charge in [0.15, 0.2) is 0 Å². The largest absolute Gasteiger partial charge is 0.465 e. The number of benzene rings is 1. The Morgan fingerprint density at radius 2 is 1.90 bits per heavy atom. The van der Waals surface area contributed by atoms with E-state index >= 15 is 0 Å². The summed E-state index contributed by atoms with van der Waals surface area (Å²) >= 11 is 0. The number of carbonyl (C=O) groups is 2. The second-order valence-corrected chi connectivity index (χ2v) is 8.10. The minimum atomic E-state index is -0.870. The number of carbonyl (C=O) groups excluding carboxylic acids is 1. The molecular weight excluding hydrogens is 396 g/mol. The second-order valence-electron chi connectivity index (χ2n) is 8.10. The standard InChI is InChI=1S/C24H32N2O5/c1-4-26(20-9-13-31-14-10-20)22-16-19(15-21(17(22)2)23(27)30-3)6-5-18-7-11-25(12-8-18)24(28)29/h15-16,18,20H,4,7-14H2,1-3H3,(H,28,29). The fourth-order valence-electron chi connectivity index (χ4n) is 4.41. The molecule has 0 bridgehead atoms. The Bertz CT molecular complexity index is 859. The minimum Gasteiger partial charge on any atom is -0.465 e. The first-order valence-electron chi connectivity index (χ1n) is 11.0. The van der Waals surface area contributed by atoms with Crippen LogP contribution in [0.25, 0.3) is 0 Å². The van der Waals surface area contributed by atoms with Crippen LogP contribution in [0, 0.1) is 24.7 Å². The van der Waals surface area contributed by atoms with Gasteiger partial charge in [-0.2, -0.15) is 0 Å². The number of carboxylic acid groups (broad SMARTS) is 1. The summed E-state index contributed by atoms with van der Waals surface area (Å²) in [5, 5.41) is 9.11. The fraction of sp³-hybridized carbons (Fsp3) is 0.583. The normalized spacial score (nSPS) is 17.6. The van der Waals surface area contributed by atoms with E-state index in [0.29, 0.717) is 24.7 Å². The van der Waals surface area contributed by atoms with Crippen LogP contribution < -0.4 is 4.90 Å². The monoisotopic (exact) mass is 428 g/mol. The SMILES string of the molecule is CCN(c1cc(C#CC2CCN(C(=O)O)CC2)cc(C(=O)OC)c1C)C1CCOCC1. The van der Waals surface area contributed by atoms with Crippen LogP contribution >= 0.6 is 0 Å². The van der Waals surface area contributed by atoms with E-state index in [2.05, 4.69) is 29.7 Å². The van der Waals surface area contributed by atoms with Gasteiger partial charge in [0.1, 0.15) is 0 Å². The van der Waals surface area contributed by atoms with Crippen LogP contribution in [0.4, 0.5) is 10.5 Å². The van der Waals surface area contributed by atoms with Gasteiger partial charge in [0.25, 0.3) is 0 Å². The third kappa shape index (κ3) is 5.50. The first kappa shape index (κ1) is 23.0. The Balaban J connectivity index is 1.89. The van der Waals surface area contributed by atoms with E-state index in [1.807, 2.05) is 13.0 Å². The number of likely N-dealkylation sites (tertiary alicyclic amines) is 1. The van der Waals surface area contributed by atoms with Gasteiger partial charge < -0.3 is 24.4 Å². The molecule has 0 aliphatic carbocycles. The van der Waals surface area contributed by atoms with Gasteiger partial charge in [-0.05, 0) is 57.2 Å². The lowest BCUT2D eigenvalue weighted by Gasteiger charge is -2.36. The molecule has 1 aromatic carbocycles. The Morgan fingerprint density at radius 3 is 2.48 bits per heavy atom. The lowest BCUT2D eigenvalue weighted by Crippen LogP contribution is -2.40. The molecule has 1 amide bonds. The number of anilines is 1. The first-order valence-corrected chi connectivity index (χ1v) is 11.0. The summed E-state index contributed by atoms with van der Waals surface area (Å²) in [6, 6.07) is 4.24. The van der Waals surface area contributed by atoms with Gasteiger partial charge in [-0.1, -0.05) is 11.8 Å². The molecule has 0 aromatic heterocycles. The average Bonchev–Trinajstić information content (AvgIpc) is 2.80. The molecule has 2 fully saturated rings. The highest BCUT2D eigenvalue weighted by molar-refractivity contribution is 5.93. The second kappa shape index (κ2) is 10.5. The zero-order chi connectivity index (χ0) is 22.4. The van der Waals surface area contributed by atoms with Crippen molar-refractivity contribution >= 4 is 17.7 Å². The van der Waals surface area contributed by atoms with E-state index in [1.54, 1.807) is 0 Å². The molecule has 1 N–H and O–H groups in total. The average molecular weight is 429 g/mol. The lowest BCUT2D eigenvalue weighted by molar-refractivity contribution is 0.0599. The molecule has 168 valence electrons. The first-order chi connectivity index (χ1) is 14.9. The van der Waals surface area contributed by atoms with Crippen molar-refractivity contribution in [2.75, 3.05) is 44.9 Å². The molecule has 0 radical (unpaired) electrons. The quantitative estimate of drug-likeness (QED) is 0.584. The van der Waals surface area contributed by atoms with Crippen LogP contribution in [0.15, 0.2) is 12.1 Å². The van der Waals surface area contributed by atoms with E-state index < -0.39 is 6.09 Å². The molecule has 7 heteroatoms. The minimum absolute atomic E-state index is 0.153. The van der Waals surface area contributed by atoms with Crippen molar-refractivity contribution in [3.63, 3.8) is 0 Å². The zero-order valence-electron chi connectivity index (χ0n) is 18.6. The van der Waals surface area contributed by atoms with Crippen LogP contribution in [0.5, 0.6) is 0 Å².